The number of hydrogen-bond acceptors (Lipinski definition) is 3. The third-order valence-electron chi connectivity index (χ3n) is 2.33. The van der Waals surface area contributed by atoms with Gasteiger partial charge in [-0.15, -0.1) is 0 Å². The summed E-state index contributed by atoms with van der Waals surface area (Å²) < 4.78 is 0. The highest BCUT2D eigenvalue weighted by atomic mass is 16.3. The second-order valence-corrected chi connectivity index (χ2v) is 3.44. The van der Waals surface area contributed by atoms with Crippen LogP contribution in [0.2, 0.25) is 0 Å². The minimum Gasteiger partial charge on any atom is -0.377 e. The van der Waals surface area contributed by atoms with E-state index in [-0.39, 0.29) is 0 Å². The first-order valence-electron chi connectivity index (χ1n) is 4.56. The van der Waals surface area contributed by atoms with Crippen LogP contribution in [0.5, 0.6) is 0 Å². The molecule has 3 heteroatoms. The Balaban J connectivity index is 2.18. The van der Waals surface area contributed by atoms with E-state index >= 15 is 0 Å². The number of rotatable bonds is 1. The molecule has 1 aromatic rings. The SMILES string of the molecule is CC1CC(O)NN1c1ccccc1. The molecular formula is C10H14N2O. The zero-order valence-corrected chi connectivity index (χ0v) is 7.64. The maximum atomic E-state index is 9.38. The first-order valence-corrected chi connectivity index (χ1v) is 4.56. The van der Waals surface area contributed by atoms with Gasteiger partial charge in [0.05, 0.1) is 5.69 Å². The predicted octanol–water partition coefficient (Wildman–Crippen LogP) is 1.11. The van der Waals surface area contributed by atoms with Gasteiger partial charge in [0, 0.05) is 12.5 Å². The number of nitrogens with zero attached hydrogens (tertiary/aromatic N) is 1. The highest BCUT2D eigenvalue weighted by Crippen LogP contribution is 2.21. The zero-order chi connectivity index (χ0) is 9.26. The Morgan fingerprint density at radius 3 is 2.62 bits per heavy atom. The molecule has 1 aliphatic heterocycles. The van der Waals surface area contributed by atoms with E-state index in [2.05, 4.69) is 12.3 Å². The molecule has 3 nitrogen and oxygen atoms in total. The third-order valence-corrected chi connectivity index (χ3v) is 2.33. The smallest absolute Gasteiger partial charge is 0.123 e. The largest absolute Gasteiger partial charge is 0.377 e. The second kappa shape index (κ2) is 3.36. The van der Waals surface area contributed by atoms with Gasteiger partial charge in [-0.1, -0.05) is 18.2 Å². The van der Waals surface area contributed by atoms with E-state index in [9.17, 15) is 5.11 Å². The summed E-state index contributed by atoms with van der Waals surface area (Å²) in [4.78, 5) is 0. The van der Waals surface area contributed by atoms with Crippen molar-refractivity contribution in [3.8, 4) is 0 Å². The summed E-state index contributed by atoms with van der Waals surface area (Å²) in [6.45, 7) is 2.09. The van der Waals surface area contributed by atoms with Crippen LogP contribution in [0.1, 0.15) is 13.3 Å². The summed E-state index contributed by atoms with van der Waals surface area (Å²) in [6, 6.07) is 10.4. The van der Waals surface area contributed by atoms with Crippen molar-refractivity contribution in [1.29, 1.82) is 0 Å². The summed E-state index contributed by atoms with van der Waals surface area (Å²) in [5.74, 6) is 0. The van der Waals surface area contributed by atoms with Crippen molar-refractivity contribution >= 4 is 5.69 Å². The van der Waals surface area contributed by atoms with E-state index in [1.807, 2.05) is 35.3 Å². The molecule has 0 spiro atoms. The molecule has 70 valence electrons. The monoisotopic (exact) mass is 178 g/mol. The normalized spacial score (nSPS) is 28.0. The summed E-state index contributed by atoms with van der Waals surface area (Å²) in [7, 11) is 0. The molecule has 1 heterocycles. The fraction of sp³-hybridized carbons (Fsp3) is 0.400. The lowest BCUT2D eigenvalue weighted by atomic mass is 10.2. The van der Waals surface area contributed by atoms with Crippen LogP contribution in [0.15, 0.2) is 30.3 Å². The van der Waals surface area contributed by atoms with E-state index in [1.54, 1.807) is 0 Å². The van der Waals surface area contributed by atoms with Crippen LogP contribution in [0.25, 0.3) is 0 Å². The number of hydrogen-bond donors (Lipinski definition) is 2. The molecule has 0 amide bonds. The van der Waals surface area contributed by atoms with Gasteiger partial charge in [0.25, 0.3) is 0 Å². The maximum Gasteiger partial charge on any atom is 0.123 e. The molecule has 0 aromatic heterocycles. The molecular weight excluding hydrogens is 164 g/mol. The topological polar surface area (TPSA) is 35.5 Å². The average molecular weight is 178 g/mol. The van der Waals surface area contributed by atoms with Gasteiger partial charge in [-0.3, -0.25) is 0 Å². The Kier molecular flexibility index (Phi) is 2.20. The Labute approximate surface area is 78.0 Å². The number of aliphatic hydroxyl groups is 1. The molecule has 1 saturated heterocycles. The van der Waals surface area contributed by atoms with E-state index in [0.29, 0.717) is 6.04 Å². The first-order chi connectivity index (χ1) is 6.27. The number of anilines is 1. The van der Waals surface area contributed by atoms with Crippen molar-refractivity contribution in [2.24, 2.45) is 0 Å². The summed E-state index contributed by atoms with van der Waals surface area (Å²) in [5.41, 5.74) is 4.11. The Morgan fingerprint density at radius 2 is 2.08 bits per heavy atom. The molecule has 0 aliphatic carbocycles. The minimum atomic E-state index is -0.407. The van der Waals surface area contributed by atoms with Crippen molar-refractivity contribution in [3.63, 3.8) is 0 Å². The van der Waals surface area contributed by atoms with Crippen LogP contribution in [0.4, 0.5) is 5.69 Å². The number of aliphatic hydroxyl groups excluding tert-OH is 1. The van der Waals surface area contributed by atoms with Crippen molar-refractivity contribution in [3.05, 3.63) is 30.3 Å². The number of hydrazine groups is 1. The van der Waals surface area contributed by atoms with E-state index in [1.165, 1.54) is 0 Å². The number of benzene rings is 1. The van der Waals surface area contributed by atoms with Gasteiger partial charge in [-0.2, -0.15) is 0 Å². The van der Waals surface area contributed by atoms with Gasteiger partial charge in [0.15, 0.2) is 0 Å². The maximum absolute atomic E-state index is 9.38. The van der Waals surface area contributed by atoms with Crippen molar-refractivity contribution in [1.82, 2.24) is 5.43 Å². The fourth-order valence-corrected chi connectivity index (χ4v) is 1.69. The van der Waals surface area contributed by atoms with Crippen LogP contribution in [0, 0.1) is 0 Å². The van der Waals surface area contributed by atoms with Crippen molar-refractivity contribution < 1.29 is 5.11 Å². The molecule has 1 aliphatic rings. The van der Waals surface area contributed by atoms with Crippen LogP contribution < -0.4 is 10.4 Å². The van der Waals surface area contributed by atoms with E-state index in [0.717, 1.165) is 12.1 Å². The van der Waals surface area contributed by atoms with Crippen LogP contribution in [-0.4, -0.2) is 17.4 Å². The Bertz CT molecular complexity index is 276. The highest BCUT2D eigenvalue weighted by Gasteiger charge is 2.26. The highest BCUT2D eigenvalue weighted by molar-refractivity contribution is 5.46. The quantitative estimate of drug-likeness (QED) is 0.676. The molecule has 13 heavy (non-hydrogen) atoms. The number of nitrogens with one attached hydrogen (secondary N) is 1. The molecule has 2 N–H and O–H groups in total. The van der Waals surface area contributed by atoms with Gasteiger partial charge >= 0.3 is 0 Å². The lowest BCUT2D eigenvalue weighted by Gasteiger charge is -2.23. The molecule has 0 saturated carbocycles. The summed E-state index contributed by atoms with van der Waals surface area (Å²) in [5, 5.41) is 11.4. The fourth-order valence-electron chi connectivity index (χ4n) is 1.69. The lowest BCUT2D eigenvalue weighted by Crippen LogP contribution is -2.38. The summed E-state index contributed by atoms with van der Waals surface area (Å²) >= 11 is 0. The van der Waals surface area contributed by atoms with Gasteiger partial charge < -0.3 is 10.1 Å². The van der Waals surface area contributed by atoms with Gasteiger partial charge in [0.2, 0.25) is 0 Å². The predicted molar refractivity (Wildman–Crippen MR) is 52.1 cm³/mol. The van der Waals surface area contributed by atoms with E-state index in [4.69, 9.17) is 0 Å². The van der Waals surface area contributed by atoms with Crippen molar-refractivity contribution in [2.45, 2.75) is 25.6 Å². The first kappa shape index (κ1) is 8.53. The van der Waals surface area contributed by atoms with Crippen LogP contribution in [0.3, 0.4) is 0 Å². The molecule has 0 radical (unpaired) electrons. The van der Waals surface area contributed by atoms with Gasteiger partial charge in [-0.25, -0.2) is 5.43 Å². The zero-order valence-electron chi connectivity index (χ0n) is 7.64. The number of para-hydroxylation sites is 1. The molecule has 1 fully saturated rings. The van der Waals surface area contributed by atoms with Gasteiger partial charge in [0.1, 0.15) is 6.23 Å². The lowest BCUT2D eigenvalue weighted by molar-refractivity contribution is 0.158. The minimum absolute atomic E-state index is 0.345. The molecule has 2 unspecified atom stereocenters. The average Bonchev–Trinajstić information content (AvgIpc) is 2.47. The molecule has 1 aromatic carbocycles. The van der Waals surface area contributed by atoms with Crippen LogP contribution >= 0.6 is 0 Å². The van der Waals surface area contributed by atoms with E-state index < -0.39 is 6.23 Å². The standard InChI is InChI=1S/C10H14N2O/c1-8-7-10(13)11-12(8)9-5-3-2-4-6-9/h2-6,8,10-11,13H,7H2,1H3. The van der Waals surface area contributed by atoms with Crippen LogP contribution in [-0.2, 0) is 0 Å². The molecule has 0 bridgehead atoms. The summed E-state index contributed by atoms with van der Waals surface area (Å²) in [6.07, 6.45) is 0.365. The third kappa shape index (κ3) is 1.66. The Morgan fingerprint density at radius 1 is 1.38 bits per heavy atom. The second-order valence-electron chi connectivity index (χ2n) is 3.44. The van der Waals surface area contributed by atoms with Crippen molar-refractivity contribution in [2.75, 3.05) is 5.01 Å². The van der Waals surface area contributed by atoms with Gasteiger partial charge in [-0.05, 0) is 19.1 Å². The molecule has 2 rings (SSSR count). The Hall–Kier alpha value is -1.06. The molecule has 2 atom stereocenters.